The van der Waals surface area contributed by atoms with Gasteiger partial charge in [0.25, 0.3) is 5.91 Å². The van der Waals surface area contributed by atoms with Gasteiger partial charge in [-0.15, -0.1) is 0 Å². The number of hydrogen-bond acceptors (Lipinski definition) is 2. The van der Waals surface area contributed by atoms with Crippen molar-refractivity contribution < 1.29 is 4.79 Å². The summed E-state index contributed by atoms with van der Waals surface area (Å²) in [6, 6.07) is 6.10. The summed E-state index contributed by atoms with van der Waals surface area (Å²) in [6.07, 6.45) is 3.03. The van der Waals surface area contributed by atoms with Crippen LogP contribution in [0.5, 0.6) is 0 Å². The van der Waals surface area contributed by atoms with Crippen LogP contribution in [-0.2, 0) is 0 Å². The molecular weight excluding hydrogens is 345 g/mol. The standard InChI is InChI=1S/C13H18INOS/c1-4-10(8-17-3)15-13(16)11-7-5-6-9(2)12(11)14/h5-7,10H,4,8H2,1-3H3,(H,15,16). The lowest BCUT2D eigenvalue weighted by Gasteiger charge is -2.16. The molecule has 0 aliphatic rings. The first kappa shape index (κ1) is 14.8. The minimum atomic E-state index is 0.0407. The molecule has 17 heavy (non-hydrogen) atoms. The van der Waals surface area contributed by atoms with E-state index in [1.165, 1.54) is 0 Å². The molecule has 1 amide bonds. The van der Waals surface area contributed by atoms with Crippen LogP contribution in [0.2, 0.25) is 0 Å². The molecule has 0 saturated heterocycles. The Morgan fingerprint density at radius 2 is 2.24 bits per heavy atom. The first-order valence-corrected chi connectivity index (χ1v) is 8.12. The molecular formula is C13H18INOS. The fraction of sp³-hybridized carbons (Fsp3) is 0.462. The third-order valence-corrected chi connectivity index (χ3v) is 4.80. The molecule has 0 heterocycles. The van der Waals surface area contributed by atoms with Gasteiger partial charge in [-0.1, -0.05) is 19.1 Å². The van der Waals surface area contributed by atoms with E-state index >= 15 is 0 Å². The Kier molecular flexibility index (Phi) is 6.33. The van der Waals surface area contributed by atoms with Gasteiger partial charge in [0, 0.05) is 15.4 Å². The first-order valence-electron chi connectivity index (χ1n) is 5.65. The zero-order valence-corrected chi connectivity index (χ0v) is 13.4. The van der Waals surface area contributed by atoms with Crippen LogP contribution < -0.4 is 5.32 Å². The zero-order chi connectivity index (χ0) is 12.8. The summed E-state index contributed by atoms with van der Waals surface area (Å²) in [6.45, 7) is 4.13. The van der Waals surface area contributed by atoms with Gasteiger partial charge < -0.3 is 5.32 Å². The monoisotopic (exact) mass is 363 g/mol. The van der Waals surface area contributed by atoms with E-state index in [2.05, 4.69) is 41.1 Å². The minimum absolute atomic E-state index is 0.0407. The van der Waals surface area contributed by atoms with Crippen LogP contribution in [0.4, 0.5) is 0 Å². The van der Waals surface area contributed by atoms with Crippen LogP contribution >= 0.6 is 34.4 Å². The lowest BCUT2D eigenvalue weighted by molar-refractivity contribution is 0.0939. The molecule has 0 aromatic heterocycles. The Hall–Kier alpha value is -0.230. The molecule has 0 radical (unpaired) electrons. The molecule has 1 rings (SSSR count). The van der Waals surface area contributed by atoms with E-state index in [1.807, 2.05) is 25.1 Å². The molecule has 1 N–H and O–H groups in total. The van der Waals surface area contributed by atoms with Crippen molar-refractivity contribution in [2.75, 3.05) is 12.0 Å². The molecule has 94 valence electrons. The normalized spacial score (nSPS) is 12.2. The summed E-state index contributed by atoms with van der Waals surface area (Å²) in [5.74, 6) is 1.00. The lowest BCUT2D eigenvalue weighted by atomic mass is 10.1. The number of carbonyl (C=O) groups is 1. The van der Waals surface area contributed by atoms with Crippen molar-refractivity contribution in [2.24, 2.45) is 0 Å². The molecule has 0 saturated carbocycles. The number of benzene rings is 1. The summed E-state index contributed by atoms with van der Waals surface area (Å²) in [5.41, 5.74) is 1.93. The zero-order valence-electron chi connectivity index (χ0n) is 10.4. The Morgan fingerprint density at radius 1 is 1.53 bits per heavy atom. The number of carbonyl (C=O) groups excluding carboxylic acids is 1. The number of rotatable bonds is 5. The van der Waals surface area contributed by atoms with E-state index < -0.39 is 0 Å². The fourth-order valence-corrected chi connectivity index (χ4v) is 2.87. The van der Waals surface area contributed by atoms with Crippen molar-refractivity contribution in [3.05, 3.63) is 32.9 Å². The quantitative estimate of drug-likeness (QED) is 0.812. The summed E-state index contributed by atoms with van der Waals surface area (Å²) in [4.78, 5) is 12.1. The van der Waals surface area contributed by atoms with E-state index in [1.54, 1.807) is 11.8 Å². The highest BCUT2D eigenvalue weighted by Crippen LogP contribution is 2.17. The Balaban J connectivity index is 2.79. The molecule has 0 aliphatic carbocycles. The smallest absolute Gasteiger partial charge is 0.252 e. The summed E-state index contributed by atoms with van der Waals surface area (Å²) < 4.78 is 1.04. The van der Waals surface area contributed by atoms with Gasteiger partial charge >= 0.3 is 0 Å². The van der Waals surface area contributed by atoms with Gasteiger partial charge in [-0.25, -0.2) is 0 Å². The largest absolute Gasteiger partial charge is 0.348 e. The Bertz CT molecular complexity index is 395. The Labute approximate surface area is 121 Å². The predicted octanol–water partition coefficient (Wildman–Crippen LogP) is 3.47. The Morgan fingerprint density at radius 3 is 2.82 bits per heavy atom. The number of amides is 1. The molecule has 4 heteroatoms. The molecule has 1 unspecified atom stereocenters. The average molecular weight is 363 g/mol. The van der Waals surface area contributed by atoms with E-state index in [0.29, 0.717) is 0 Å². The van der Waals surface area contributed by atoms with Gasteiger partial charge in [0.15, 0.2) is 0 Å². The van der Waals surface area contributed by atoms with Crippen molar-refractivity contribution in [1.82, 2.24) is 5.32 Å². The average Bonchev–Trinajstić information content (AvgIpc) is 2.31. The second-order valence-corrected chi connectivity index (χ2v) is 5.96. The van der Waals surface area contributed by atoms with Crippen molar-refractivity contribution >= 4 is 40.3 Å². The van der Waals surface area contributed by atoms with Gasteiger partial charge in [0.2, 0.25) is 0 Å². The molecule has 0 bridgehead atoms. The summed E-state index contributed by atoms with van der Waals surface area (Å²) in [7, 11) is 0. The number of hydrogen-bond donors (Lipinski definition) is 1. The molecule has 1 aromatic rings. The van der Waals surface area contributed by atoms with Crippen LogP contribution in [0.15, 0.2) is 18.2 Å². The molecule has 0 fully saturated rings. The van der Waals surface area contributed by atoms with Gasteiger partial charge in [-0.3, -0.25) is 4.79 Å². The highest BCUT2D eigenvalue weighted by Gasteiger charge is 2.14. The molecule has 1 atom stereocenters. The van der Waals surface area contributed by atoms with Crippen LogP contribution in [0, 0.1) is 10.5 Å². The summed E-state index contributed by atoms with van der Waals surface area (Å²) in [5, 5.41) is 3.09. The molecule has 0 aliphatic heterocycles. The number of nitrogens with one attached hydrogen (secondary N) is 1. The van der Waals surface area contributed by atoms with Gasteiger partial charge in [0.05, 0.1) is 5.56 Å². The topological polar surface area (TPSA) is 29.1 Å². The third kappa shape index (κ3) is 4.17. The second-order valence-electron chi connectivity index (χ2n) is 3.97. The van der Waals surface area contributed by atoms with Crippen LogP contribution in [-0.4, -0.2) is 24.0 Å². The van der Waals surface area contributed by atoms with E-state index in [9.17, 15) is 4.79 Å². The van der Waals surface area contributed by atoms with E-state index in [-0.39, 0.29) is 11.9 Å². The SMILES string of the molecule is CCC(CSC)NC(=O)c1cccc(C)c1I. The number of aryl methyl sites for hydroxylation is 1. The van der Waals surface area contributed by atoms with Crippen molar-refractivity contribution in [3.8, 4) is 0 Å². The maximum Gasteiger partial charge on any atom is 0.252 e. The minimum Gasteiger partial charge on any atom is -0.348 e. The number of halogens is 1. The highest BCUT2D eigenvalue weighted by molar-refractivity contribution is 14.1. The van der Waals surface area contributed by atoms with E-state index in [0.717, 1.165) is 26.9 Å². The molecule has 1 aromatic carbocycles. The van der Waals surface area contributed by atoms with Gasteiger partial charge in [-0.05, 0) is 53.8 Å². The lowest BCUT2D eigenvalue weighted by Crippen LogP contribution is -2.36. The first-order chi connectivity index (χ1) is 8.10. The predicted molar refractivity (Wildman–Crippen MR) is 83.8 cm³/mol. The van der Waals surface area contributed by atoms with Crippen LogP contribution in [0.3, 0.4) is 0 Å². The number of thioether (sulfide) groups is 1. The van der Waals surface area contributed by atoms with Crippen LogP contribution in [0.1, 0.15) is 29.3 Å². The second kappa shape index (κ2) is 7.26. The maximum absolute atomic E-state index is 12.1. The summed E-state index contributed by atoms with van der Waals surface area (Å²) >= 11 is 4.00. The third-order valence-electron chi connectivity index (χ3n) is 2.63. The fourth-order valence-electron chi connectivity index (χ4n) is 1.55. The highest BCUT2D eigenvalue weighted by atomic mass is 127. The van der Waals surface area contributed by atoms with Crippen molar-refractivity contribution in [2.45, 2.75) is 26.3 Å². The maximum atomic E-state index is 12.1. The van der Waals surface area contributed by atoms with Crippen LogP contribution in [0.25, 0.3) is 0 Å². The van der Waals surface area contributed by atoms with Gasteiger partial charge in [0.1, 0.15) is 0 Å². The molecule has 0 spiro atoms. The van der Waals surface area contributed by atoms with Gasteiger partial charge in [-0.2, -0.15) is 11.8 Å². The molecule has 2 nitrogen and oxygen atoms in total. The van der Waals surface area contributed by atoms with Crippen molar-refractivity contribution in [3.63, 3.8) is 0 Å². The van der Waals surface area contributed by atoms with E-state index in [4.69, 9.17) is 0 Å². The van der Waals surface area contributed by atoms with Crippen molar-refractivity contribution in [1.29, 1.82) is 0 Å².